The Morgan fingerprint density at radius 2 is 1.71 bits per heavy atom. The molecule has 0 saturated heterocycles. The molecule has 2 unspecified atom stereocenters. The molecular weight excluding hydrogens is 263 g/mol. The van der Waals surface area contributed by atoms with Crippen LogP contribution in [0.5, 0.6) is 0 Å². The van der Waals surface area contributed by atoms with E-state index in [2.05, 4.69) is 12.1 Å². The summed E-state index contributed by atoms with van der Waals surface area (Å²) in [6, 6.07) is 16.9. The van der Waals surface area contributed by atoms with Crippen LogP contribution in [-0.2, 0) is 6.42 Å². The zero-order valence-electron chi connectivity index (χ0n) is 12.1. The number of halogens is 1. The van der Waals surface area contributed by atoms with Gasteiger partial charge in [-0.05, 0) is 30.0 Å². The molecule has 1 fully saturated rings. The predicted molar refractivity (Wildman–Crippen MR) is 82.7 cm³/mol. The lowest BCUT2D eigenvalue weighted by atomic mass is 9.69. The molecule has 110 valence electrons. The van der Waals surface area contributed by atoms with Gasteiger partial charge in [-0.15, -0.1) is 0 Å². The standard InChI is InChI=1S/C19H21FO/c20-18-12-5-4-10-16(18)14-19(21)13-7-6-11-17(19)15-8-2-1-3-9-15/h1-5,8-10,12,17,21H,6-7,11,13-14H2. The van der Waals surface area contributed by atoms with Crippen LogP contribution in [0, 0.1) is 5.82 Å². The molecule has 0 radical (unpaired) electrons. The highest BCUT2D eigenvalue weighted by Crippen LogP contribution is 2.43. The van der Waals surface area contributed by atoms with Crippen molar-refractivity contribution in [3.8, 4) is 0 Å². The van der Waals surface area contributed by atoms with Gasteiger partial charge in [0, 0.05) is 12.3 Å². The molecule has 2 atom stereocenters. The fourth-order valence-corrected chi connectivity index (χ4v) is 3.57. The van der Waals surface area contributed by atoms with Crippen LogP contribution in [0.15, 0.2) is 54.6 Å². The van der Waals surface area contributed by atoms with Crippen molar-refractivity contribution in [3.63, 3.8) is 0 Å². The Morgan fingerprint density at radius 3 is 2.48 bits per heavy atom. The van der Waals surface area contributed by atoms with Crippen LogP contribution in [0.2, 0.25) is 0 Å². The van der Waals surface area contributed by atoms with Crippen LogP contribution >= 0.6 is 0 Å². The van der Waals surface area contributed by atoms with E-state index in [0.29, 0.717) is 12.0 Å². The SMILES string of the molecule is OC1(Cc2ccccc2F)CCCCC1c1ccccc1. The van der Waals surface area contributed by atoms with E-state index >= 15 is 0 Å². The van der Waals surface area contributed by atoms with Gasteiger partial charge in [-0.3, -0.25) is 0 Å². The molecule has 2 aromatic carbocycles. The molecule has 0 aliphatic heterocycles. The van der Waals surface area contributed by atoms with Gasteiger partial charge in [0.1, 0.15) is 5.82 Å². The highest BCUT2D eigenvalue weighted by molar-refractivity contribution is 5.27. The lowest BCUT2D eigenvalue weighted by molar-refractivity contribution is -0.0173. The summed E-state index contributed by atoms with van der Waals surface area (Å²) < 4.78 is 13.9. The molecule has 21 heavy (non-hydrogen) atoms. The minimum absolute atomic E-state index is 0.0899. The van der Waals surface area contributed by atoms with Crippen LogP contribution in [0.3, 0.4) is 0 Å². The van der Waals surface area contributed by atoms with Crippen molar-refractivity contribution in [1.82, 2.24) is 0 Å². The van der Waals surface area contributed by atoms with Crippen LogP contribution in [0.1, 0.15) is 42.7 Å². The summed E-state index contributed by atoms with van der Waals surface area (Å²) in [5, 5.41) is 11.2. The van der Waals surface area contributed by atoms with E-state index in [1.54, 1.807) is 12.1 Å². The molecule has 2 heteroatoms. The Bertz CT molecular complexity index is 596. The third kappa shape index (κ3) is 3.01. The van der Waals surface area contributed by atoms with E-state index in [4.69, 9.17) is 0 Å². The molecule has 0 aromatic heterocycles. The first-order valence-corrected chi connectivity index (χ1v) is 7.70. The number of benzene rings is 2. The molecule has 0 bridgehead atoms. The maximum absolute atomic E-state index is 13.9. The highest BCUT2D eigenvalue weighted by atomic mass is 19.1. The van der Waals surface area contributed by atoms with E-state index < -0.39 is 5.60 Å². The van der Waals surface area contributed by atoms with Gasteiger partial charge in [0.25, 0.3) is 0 Å². The molecular formula is C19H21FO. The maximum Gasteiger partial charge on any atom is 0.126 e. The molecule has 0 spiro atoms. The van der Waals surface area contributed by atoms with Crippen molar-refractivity contribution in [3.05, 3.63) is 71.5 Å². The van der Waals surface area contributed by atoms with Crippen molar-refractivity contribution in [1.29, 1.82) is 0 Å². The normalized spacial score (nSPS) is 25.7. The lowest BCUT2D eigenvalue weighted by Gasteiger charge is -2.40. The molecule has 1 aliphatic rings. The van der Waals surface area contributed by atoms with Gasteiger partial charge in [-0.2, -0.15) is 0 Å². The maximum atomic E-state index is 13.9. The highest BCUT2D eigenvalue weighted by Gasteiger charge is 2.40. The average Bonchev–Trinajstić information content (AvgIpc) is 2.51. The van der Waals surface area contributed by atoms with Crippen molar-refractivity contribution >= 4 is 0 Å². The van der Waals surface area contributed by atoms with Gasteiger partial charge >= 0.3 is 0 Å². The second kappa shape index (κ2) is 5.98. The van der Waals surface area contributed by atoms with Crippen LogP contribution in [0.4, 0.5) is 4.39 Å². The second-order valence-electron chi connectivity index (χ2n) is 6.08. The zero-order valence-corrected chi connectivity index (χ0v) is 12.1. The van der Waals surface area contributed by atoms with E-state index in [1.807, 2.05) is 24.3 Å². The molecule has 2 aromatic rings. The van der Waals surface area contributed by atoms with Gasteiger partial charge in [-0.1, -0.05) is 61.4 Å². The number of hydrogen-bond acceptors (Lipinski definition) is 1. The summed E-state index contributed by atoms with van der Waals surface area (Å²) in [5.74, 6) is -0.129. The first kappa shape index (κ1) is 14.3. The van der Waals surface area contributed by atoms with Crippen molar-refractivity contribution < 1.29 is 9.50 Å². The largest absolute Gasteiger partial charge is 0.389 e. The summed E-state index contributed by atoms with van der Waals surface area (Å²) in [7, 11) is 0. The van der Waals surface area contributed by atoms with E-state index in [-0.39, 0.29) is 11.7 Å². The van der Waals surface area contributed by atoms with E-state index in [9.17, 15) is 9.50 Å². The Morgan fingerprint density at radius 1 is 1.00 bits per heavy atom. The van der Waals surface area contributed by atoms with Crippen LogP contribution in [0.25, 0.3) is 0 Å². The second-order valence-corrected chi connectivity index (χ2v) is 6.08. The smallest absolute Gasteiger partial charge is 0.126 e. The Labute approximate surface area is 125 Å². The fraction of sp³-hybridized carbons (Fsp3) is 0.368. The van der Waals surface area contributed by atoms with Crippen LogP contribution in [-0.4, -0.2) is 10.7 Å². The number of rotatable bonds is 3. The molecule has 1 aliphatic carbocycles. The minimum Gasteiger partial charge on any atom is -0.389 e. The Hall–Kier alpha value is -1.67. The molecule has 1 N–H and O–H groups in total. The predicted octanol–water partition coefficient (Wildman–Crippen LogP) is 4.46. The van der Waals surface area contributed by atoms with Crippen molar-refractivity contribution in [2.75, 3.05) is 0 Å². The van der Waals surface area contributed by atoms with Gasteiger partial charge < -0.3 is 5.11 Å². The number of aliphatic hydroxyl groups is 1. The van der Waals surface area contributed by atoms with Crippen LogP contribution < -0.4 is 0 Å². The van der Waals surface area contributed by atoms with Gasteiger partial charge in [0.05, 0.1) is 5.60 Å². The topological polar surface area (TPSA) is 20.2 Å². The minimum atomic E-state index is -0.845. The Balaban J connectivity index is 1.91. The average molecular weight is 284 g/mol. The van der Waals surface area contributed by atoms with Crippen molar-refractivity contribution in [2.45, 2.75) is 43.6 Å². The molecule has 3 rings (SSSR count). The third-order valence-electron chi connectivity index (χ3n) is 4.66. The number of hydrogen-bond donors (Lipinski definition) is 1. The summed E-state index contributed by atoms with van der Waals surface area (Å²) in [5.41, 5.74) is 0.931. The molecule has 1 saturated carbocycles. The van der Waals surface area contributed by atoms with Gasteiger partial charge in [0.2, 0.25) is 0 Å². The van der Waals surface area contributed by atoms with Crippen molar-refractivity contribution in [2.24, 2.45) is 0 Å². The van der Waals surface area contributed by atoms with E-state index in [0.717, 1.165) is 31.2 Å². The van der Waals surface area contributed by atoms with Gasteiger partial charge in [-0.25, -0.2) is 4.39 Å². The summed E-state index contributed by atoms with van der Waals surface area (Å²) >= 11 is 0. The summed E-state index contributed by atoms with van der Waals surface area (Å²) in [6.07, 6.45) is 4.22. The third-order valence-corrected chi connectivity index (χ3v) is 4.66. The fourth-order valence-electron chi connectivity index (χ4n) is 3.57. The Kier molecular flexibility index (Phi) is 4.07. The zero-order chi connectivity index (χ0) is 14.7. The summed E-state index contributed by atoms with van der Waals surface area (Å²) in [4.78, 5) is 0. The van der Waals surface area contributed by atoms with E-state index in [1.165, 1.54) is 6.07 Å². The first-order chi connectivity index (χ1) is 10.2. The molecule has 1 nitrogen and oxygen atoms in total. The summed E-state index contributed by atoms with van der Waals surface area (Å²) in [6.45, 7) is 0. The first-order valence-electron chi connectivity index (χ1n) is 7.70. The molecule has 0 heterocycles. The quantitative estimate of drug-likeness (QED) is 0.882. The molecule has 0 amide bonds. The van der Waals surface area contributed by atoms with Gasteiger partial charge in [0.15, 0.2) is 0 Å². The lowest BCUT2D eigenvalue weighted by Crippen LogP contribution is -2.41. The monoisotopic (exact) mass is 284 g/mol.